The van der Waals surface area contributed by atoms with Crippen LogP contribution < -0.4 is 10.1 Å². The van der Waals surface area contributed by atoms with E-state index in [4.69, 9.17) is 16.3 Å². The Morgan fingerprint density at radius 3 is 2.47 bits per heavy atom. The van der Waals surface area contributed by atoms with Gasteiger partial charge in [-0.25, -0.2) is 0 Å². The quantitative estimate of drug-likeness (QED) is 0.374. The maximum atomic E-state index is 11.2. The molecule has 1 aromatic heterocycles. The Labute approximate surface area is 192 Å². The molecule has 1 saturated heterocycles. The Hall–Kier alpha value is -3.00. The third kappa shape index (κ3) is 6.03. The number of nitro benzene ring substituents is 1. The maximum absolute atomic E-state index is 11.2. The summed E-state index contributed by atoms with van der Waals surface area (Å²) in [6, 6.07) is 16.6. The fraction of sp³-hybridized carbons (Fsp3) is 0.292. The largest absolute Gasteiger partial charge is 0.450 e. The normalized spacial score (nSPS) is 14.9. The van der Waals surface area contributed by atoms with Crippen LogP contribution in [0.5, 0.6) is 11.5 Å². The molecule has 7 nitrogen and oxygen atoms in total. The van der Waals surface area contributed by atoms with Gasteiger partial charge in [-0.3, -0.25) is 20.0 Å². The van der Waals surface area contributed by atoms with E-state index in [1.807, 2.05) is 36.7 Å². The van der Waals surface area contributed by atoms with E-state index < -0.39 is 4.92 Å². The van der Waals surface area contributed by atoms with Crippen LogP contribution >= 0.6 is 11.6 Å². The minimum absolute atomic E-state index is 0.154. The lowest BCUT2D eigenvalue weighted by Crippen LogP contribution is -2.41. The molecule has 2 heterocycles. The van der Waals surface area contributed by atoms with Crippen molar-refractivity contribution >= 4 is 17.3 Å². The highest BCUT2D eigenvalue weighted by Gasteiger charge is 2.19. The van der Waals surface area contributed by atoms with Crippen molar-refractivity contribution in [2.75, 3.05) is 13.1 Å². The SMILES string of the molecule is O=[N+]([O-])c1cc(Cl)ccc1Oc1ccc(CNC2CCN(Cc3ccncc3)CC2)cc1. The van der Waals surface area contributed by atoms with E-state index in [9.17, 15) is 10.1 Å². The number of halogens is 1. The molecule has 1 aliphatic heterocycles. The number of hydrogen-bond donors (Lipinski definition) is 1. The summed E-state index contributed by atoms with van der Waals surface area (Å²) < 4.78 is 5.71. The first-order valence-corrected chi connectivity index (χ1v) is 11.0. The van der Waals surface area contributed by atoms with E-state index in [1.165, 1.54) is 17.7 Å². The van der Waals surface area contributed by atoms with E-state index in [1.54, 1.807) is 6.07 Å². The zero-order chi connectivity index (χ0) is 22.3. The molecule has 166 valence electrons. The molecule has 2 aromatic carbocycles. The van der Waals surface area contributed by atoms with Gasteiger partial charge in [-0.1, -0.05) is 23.7 Å². The zero-order valence-electron chi connectivity index (χ0n) is 17.6. The predicted molar refractivity (Wildman–Crippen MR) is 124 cm³/mol. The molecule has 32 heavy (non-hydrogen) atoms. The molecule has 0 bridgehead atoms. The molecule has 1 N–H and O–H groups in total. The standard InChI is InChI=1S/C24H25ClN4O3/c25-20-3-6-24(23(15-20)29(30)31)32-22-4-1-18(2-5-22)16-27-21-9-13-28(14-10-21)17-19-7-11-26-12-8-19/h1-8,11-12,15,21,27H,9-10,13-14,16-17H2. The van der Waals surface area contributed by atoms with E-state index in [2.05, 4.69) is 27.3 Å². The molecule has 1 aliphatic rings. The highest BCUT2D eigenvalue weighted by Crippen LogP contribution is 2.33. The Morgan fingerprint density at radius 2 is 1.78 bits per heavy atom. The molecule has 0 radical (unpaired) electrons. The molecule has 1 fully saturated rings. The highest BCUT2D eigenvalue weighted by molar-refractivity contribution is 6.30. The second kappa shape index (κ2) is 10.5. The van der Waals surface area contributed by atoms with Gasteiger partial charge >= 0.3 is 5.69 Å². The number of nitrogens with one attached hydrogen (secondary N) is 1. The summed E-state index contributed by atoms with van der Waals surface area (Å²) in [6.45, 7) is 3.90. The zero-order valence-corrected chi connectivity index (χ0v) is 18.4. The average Bonchev–Trinajstić information content (AvgIpc) is 2.81. The summed E-state index contributed by atoms with van der Waals surface area (Å²) >= 11 is 5.86. The lowest BCUT2D eigenvalue weighted by molar-refractivity contribution is -0.385. The molecule has 4 rings (SSSR count). The smallest absolute Gasteiger partial charge is 0.313 e. The van der Waals surface area contributed by atoms with Crippen molar-refractivity contribution in [2.24, 2.45) is 0 Å². The second-order valence-corrected chi connectivity index (χ2v) is 8.34. The summed E-state index contributed by atoms with van der Waals surface area (Å²) in [4.78, 5) is 17.3. The van der Waals surface area contributed by atoms with Crippen LogP contribution in [0.2, 0.25) is 5.02 Å². The number of piperidine rings is 1. The number of hydrogen-bond acceptors (Lipinski definition) is 6. The highest BCUT2D eigenvalue weighted by atomic mass is 35.5. The van der Waals surface area contributed by atoms with Crippen LogP contribution in [0.25, 0.3) is 0 Å². The van der Waals surface area contributed by atoms with Crippen molar-refractivity contribution in [3.8, 4) is 11.5 Å². The molecule has 0 saturated carbocycles. The Balaban J connectivity index is 1.25. The van der Waals surface area contributed by atoms with Gasteiger partial charge < -0.3 is 10.1 Å². The Morgan fingerprint density at radius 1 is 1.06 bits per heavy atom. The fourth-order valence-electron chi connectivity index (χ4n) is 3.83. The average molecular weight is 453 g/mol. The van der Waals surface area contributed by atoms with Crippen LogP contribution in [-0.4, -0.2) is 33.9 Å². The summed E-state index contributed by atoms with van der Waals surface area (Å²) in [5, 5.41) is 15.2. The summed E-state index contributed by atoms with van der Waals surface area (Å²) in [6.07, 6.45) is 5.92. The molecule has 0 aliphatic carbocycles. The van der Waals surface area contributed by atoms with Crippen LogP contribution in [0.15, 0.2) is 67.0 Å². The number of likely N-dealkylation sites (tertiary alicyclic amines) is 1. The summed E-state index contributed by atoms with van der Waals surface area (Å²) in [7, 11) is 0. The number of rotatable bonds is 8. The molecule has 8 heteroatoms. The van der Waals surface area contributed by atoms with Crippen LogP contribution in [0.1, 0.15) is 24.0 Å². The lowest BCUT2D eigenvalue weighted by Gasteiger charge is -2.32. The van der Waals surface area contributed by atoms with Gasteiger partial charge in [0.25, 0.3) is 0 Å². The third-order valence-corrected chi connectivity index (χ3v) is 5.84. The van der Waals surface area contributed by atoms with Gasteiger partial charge in [0, 0.05) is 42.6 Å². The maximum Gasteiger partial charge on any atom is 0.313 e. The third-order valence-electron chi connectivity index (χ3n) is 5.61. The van der Waals surface area contributed by atoms with E-state index in [0.29, 0.717) is 16.8 Å². The number of pyridine rings is 1. The van der Waals surface area contributed by atoms with Crippen LogP contribution in [0.3, 0.4) is 0 Å². The van der Waals surface area contributed by atoms with Gasteiger partial charge in [-0.15, -0.1) is 0 Å². The Bertz CT molecular complexity index is 1040. The van der Waals surface area contributed by atoms with Gasteiger partial charge in [0.2, 0.25) is 5.75 Å². The first-order valence-electron chi connectivity index (χ1n) is 10.6. The van der Waals surface area contributed by atoms with Crippen molar-refractivity contribution < 1.29 is 9.66 Å². The van der Waals surface area contributed by atoms with Gasteiger partial charge in [0.15, 0.2) is 0 Å². The minimum atomic E-state index is -0.498. The van der Waals surface area contributed by atoms with Crippen LogP contribution in [-0.2, 0) is 13.1 Å². The van der Waals surface area contributed by atoms with Gasteiger partial charge in [0.05, 0.1) is 4.92 Å². The van der Waals surface area contributed by atoms with Crippen molar-refractivity contribution in [1.29, 1.82) is 0 Å². The number of aromatic nitrogens is 1. The predicted octanol–water partition coefficient (Wildman–Crippen LogP) is 5.19. The minimum Gasteiger partial charge on any atom is -0.450 e. The number of nitro groups is 1. The molecule has 0 atom stereocenters. The fourth-order valence-corrected chi connectivity index (χ4v) is 3.99. The Kier molecular flexibility index (Phi) is 7.32. The van der Waals surface area contributed by atoms with Crippen molar-refractivity contribution in [2.45, 2.75) is 32.0 Å². The molecule has 0 spiro atoms. The van der Waals surface area contributed by atoms with Gasteiger partial charge in [-0.05, 0) is 73.5 Å². The lowest BCUT2D eigenvalue weighted by atomic mass is 10.0. The van der Waals surface area contributed by atoms with E-state index in [-0.39, 0.29) is 11.4 Å². The first kappa shape index (κ1) is 22.2. The summed E-state index contributed by atoms with van der Waals surface area (Å²) in [5.41, 5.74) is 2.29. The van der Waals surface area contributed by atoms with Crippen molar-refractivity contribution in [3.05, 3.63) is 93.3 Å². The number of nitrogens with zero attached hydrogens (tertiary/aromatic N) is 3. The van der Waals surface area contributed by atoms with Gasteiger partial charge in [-0.2, -0.15) is 0 Å². The number of benzene rings is 2. The van der Waals surface area contributed by atoms with Gasteiger partial charge in [0.1, 0.15) is 5.75 Å². The van der Waals surface area contributed by atoms with E-state index in [0.717, 1.165) is 44.6 Å². The van der Waals surface area contributed by atoms with Crippen molar-refractivity contribution in [3.63, 3.8) is 0 Å². The van der Waals surface area contributed by atoms with Crippen LogP contribution in [0.4, 0.5) is 5.69 Å². The topological polar surface area (TPSA) is 80.5 Å². The molecular weight excluding hydrogens is 428 g/mol. The first-order chi connectivity index (χ1) is 15.6. The second-order valence-electron chi connectivity index (χ2n) is 7.90. The molecule has 3 aromatic rings. The van der Waals surface area contributed by atoms with Crippen LogP contribution in [0, 0.1) is 10.1 Å². The molecule has 0 amide bonds. The summed E-state index contributed by atoms with van der Waals surface area (Å²) in [5.74, 6) is 0.715. The number of ether oxygens (including phenoxy) is 1. The van der Waals surface area contributed by atoms with E-state index >= 15 is 0 Å². The van der Waals surface area contributed by atoms with Crippen molar-refractivity contribution in [1.82, 2.24) is 15.2 Å². The monoisotopic (exact) mass is 452 g/mol. The molecular formula is C24H25ClN4O3. The molecule has 0 unspecified atom stereocenters.